The van der Waals surface area contributed by atoms with E-state index in [4.69, 9.17) is 9.47 Å². The van der Waals surface area contributed by atoms with Crippen LogP contribution >= 0.6 is 0 Å². The molecule has 1 amide bonds. The van der Waals surface area contributed by atoms with E-state index in [1.807, 2.05) is 0 Å². The Balaban J connectivity index is 2.16. The van der Waals surface area contributed by atoms with Gasteiger partial charge in [-0.3, -0.25) is 9.69 Å². The molecule has 124 valence electrons. The van der Waals surface area contributed by atoms with Crippen LogP contribution in [0, 0.1) is 0 Å². The lowest BCUT2D eigenvalue weighted by Crippen LogP contribution is -2.58. The van der Waals surface area contributed by atoms with E-state index in [0.29, 0.717) is 42.5 Å². The predicted octanol–water partition coefficient (Wildman–Crippen LogP) is 1.86. The van der Waals surface area contributed by atoms with E-state index in [9.17, 15) is 14.7 Å². The Hall–Kier alpha value is -2.44. The van der Waals surface area contributed by atoms with Gasteiger partial charge in [-0.2, -0.15) is 0 Å². The van der Waals surface area contributed by atoms with E-state index in [0.717, 1.165) is 0 Å². The number of fused-ring (bicyclic) bond motifs is 2. The van der Waals surface area contributed by atoms with Crippen LogP contribution in [0.3, 0.4) is 0 Å². The zero-order valence-electron chi connectivity index (χ0n) is 13.4. The molecule has 0 saturated carbocycles. The number of carbonyl (C=O) groups is 2. The number of carbonyl (C=O) groups excluding carboxylic acids is 1. The number of amides is 1. The van der Waals surface area contributed by atoms with Gasteiger partial charge in [-0.25, -0.2) is 4.79 Å². The van der Waals surface area contributed by atoms with Crippen molar-refractivity contribution in [1.82, 2.24) is 0 Å². The number of anilines is 2. The second kappa shape index (κ2) is 5.33. The maximum absolute atomic E-state index is 12.8. The fraction of sp³-hybridized carbons (Fsp3) is 0.500. The van der Waals surface area contributed by atoms with Crippen molar-refractivity contribution in [3.8, 4) is 11.5 Å². The summed E-state index contributed by atoms with van der Waals surface area (Å²) in [6, 6.07) is 2.51. The largest absolute Gasteiger partial charge is 0.486 e. The molecule has 2 aliphatic rings. The van der Waals surface area contributed by atoms with Crippen molar-refractivity contribution in [2.45, 2.75) is 38.8 Å². The second-order valence-corrected chi connectivity index (χ2v) is 6.20. The topological polar surface area (TPSA) is 88.1 Å². The van der Waals surface area contributed by atoms with Gasteiger partial charge in [0.2, 0.25) is 0 Å². The first-order chi connectivity index (χ1) is 10.8. The van der Waals surface area contributed by atoms with E-state index in [2.05, 4.69) is 5.32 Å². The summed E-state index contributed by atoms with van der Waals surface area (Å²) in [5.74, 6) is -0.194. The zero-order chi connectivity index (χ0) is 16.8. The van der Waals surface area contributed by atoms with Crippen LogP contribution in [0.4, 0.5) is 11.4 Å². The van der Waals surface area contributed by atoms with Gasteiger partial charge in [0, 0.05) is 12.1 Å². The van der Waals surface area contributed by atoms with Gasteiger partial charge in [-0.15, -0.1) is 0 Å². The number of nitrogens with zero attached hydrogens (tertiary/aromatic N) is 1. The third-order valence-corrected chi connectivity index (χ3v) is 4.10. The highest BCUT2D eigenvalue weighted by atomic mass is 16.6. The van der Waals surface area contributed by atoms with Crippen molar-refractivity contribution in [2.75, 3.05) is 23.4 Å². The average Bonchev–Trinajstić information content (AvgIpc) is 2.49. The van der Waals surface area contributed by atoms with Gasteiger partial charge in [-0.05, 0) is 20.3 Å². The molecular weight excluding hydrogens is 300 g/mol. The highest BCUT2D eigenvalue weighted by Crippen LogP contribution is 2.44. The molecule has 0 aromatic heterocycles. The van der Waals surface area contributed by atoms with Gasteiger partial charge >= 0.3 is 5.97 Å². The van der Waals surface area contributed by atoms with E-state index in [1.165, 1.54) is 4.90 Å². The minimum Gasteiger partial charge on any atom is -0.486 e. The lowest BCUT2D eigenvalue weighted by molar-refractivity contribution is -0.140. The molecule has 1 aromatic rings. The van der Waals surface area contributed by atoms with Crippen LogP contribution in [-0.4, -0.2) is 41.8 Å². The zero-order valence-corrected chi connectivity index (χ0v) is 13.4. The number of carboxylic acids is 1. The Morgan fingerprint density at radius 3 is 2.52 bits per heavy atom. The molecule has 0 radical (unpaired) electrons. The number of aliphatic carboxylic acids is 1. The summed E-state index contributed by atoms with van der Waals surface area (Å²) in [7, 11) is 0. The Bertz CT molecular complexity index is 671. The molecular formula is C16H20N2O5. The summed E-state index contributed by atoms with van der Waals surface area (Å²) in [5, 5.41) is 12.7. The molecule has 0 fully saturated rings. The van der Waals surface area contributed by atoms with Gasteiger partial charge in [0.05, 0.1) is 11.4 Å². The first-order valence-corrected chi connectivity index (χ1v) is 7.63. The fourth-order valence-corrected chi connectivity index (χ4v) is 2.96. The molecule has 1 atom stereocenters. The molecule has 3 rings (SSSR count). The Labute approximate surface area is 134 Å². The highest BCUT2D eigenvalue weighted by Gasteiger charge is 2.44. The van der Waals surface area contributed by atoms with E-state index in [-0.39, 0.29) is 5.91 Å². The first-order valence-electron chi connectivity index (χ1n) is 7.63. The third-order valence-electron chi connectivity index (χ3n) is 4.10. The van der Waals surface area contributed by atoms with E-state index in [1.54, 1.807) is 32.9 Å². The van der Waals surface area contributed by atoms with Crippen LogP contribution in [0.25, 0.3) is 0 Å². The standard InChI is InChI=1S/C16H20N2O5/c1-4-10(14(19)20)18-11-8-13-12(22-5-6-23-13)7-9(11)17-16(2,3)15(18)21/h7-8,10,17H,4-6H2,1-3H3,(H,19,20). The molecule has 7 nitrogen and oxygen atoms in total. The van der Waals surface area contributed by atoms with E-state index < -0.39 is 17.6 Å². The van der Waals surface area contributed by atoms with Crippen LogP contribution in [0.1, 0.15) is 27.2 Å². The summed E-state index contributed by atoms with van der Waals surface area (Å²) >= 11 is 0. The van der Waals surface area contributed by atoms with Gasteiger partial charge in [0.15, 0.2) is 11.5 Å². The Morgan fingerprint density at radius 2 is 1.96 bits per heavy atom. The molecule has 0 aliphatic carbocycles. The van der Waals surface area contributed by atoms with Crippen LogP contribution in [0.2, 0.25) is 0 Å². The monoisotopic (exact) mass is 320 g/mol. The summed E-state index contributed by atoms with van der Waals surface area (Å²) in [6.07, 6.45) is 0.311. The van der Waals surface area contributed by atoms with Gasteiger partial charge in [-0.1, -0.05) is 6.92 Å². The van der Waals surface area contributed by atoms with Crippen LogP contribution in [-0.2, 0) is 9.59 Å². The molecule has 23 heavy (non-hydrogen) atoms. The van der Waals surface area contributed by atoms with Gasteiger partial charge in [0.25, 0.3) is 5.91 Å². The summed E-state index contributed by atoms with van der Waals surface area (Å²) < 4.78 is 11.1. The molecule has 2 heterocycles. The minimum atomic E-state index is -1.03. The first kappa shape index (κ1) is 15.5. The number of benzene rings is 1. The molecule has 2 N–H and O–H groups in total. The average molecular weight is 320 g/mol. The van der Waals surface area contributed by atoms with Gasteiger partial charge in [0.1, 0.15) is 24.8 Å². The number of hydrogen-bond donors (Lipinski definition) is 2. The van der Waals surface area contributed by atoms with Crippen molar-refractivity contribution in [3.05, 3.63) is 12.1 Å². The van der Waals surface area contributed by atoms with E-state index >= 15 is 0 Å². The van der Waals surface area contributed by atoms with Crippen molar-refractivity contribution < 1.29 is 24.2 Å². The van der Waals surface area contributed by atoms with Crippen molar-refractivity contribution >= 4 is 23.3 Å². The summed E-state index contributed by atoms with van der Waals surface area (Å²) in [5.41, 5.74) is 0.269. The molecule has 1 aromatic carbocycles. The molecule has 1 unspecified atom stereocenters. The number of nitrogens with one attached hydrogen (secondary N) is 1. The lowest BCUT2D eigenvalue weighted by Gasteiger charge is -2.42. The SMILES string of the molecule is CCC(C(=O)O)N1C(=O)C(C)(C)Nc2cc3c(cc21)OCCO3. The molecule has 0 bridgehead atoms. The van der Waals surface area contributed by atoms with Crippen LogP contribution in [0.5, 0.6) is 11.5 Å². The third kappa shape index (κ3) is 2.46. The summed E-state index contributed by atoms with van der Waals surface area (Å²) in [6.45, 7) is 6.10. The maximum Gasteiger partial charge on any atom is 0.326 e. The fourth-order valence-electron chi connectivity index (χ4n) is 2.96. The number of hydrogen-bond acceptors (Lipinski definition) is 5. The summed E-state index contributed by atoms with van der Waals surface area (Å²) in [4.78, 5) is 25.8. The number of rotatable bonds is 3. The molecule has 0 saturated heterocycles. The van der Waals surface area contributed by atoms with Crippen LogP contribution in [0.15, 0.2) is 12.1 Å². The van der Waals surface area contributed by atoms with Crippen molar-refractivity contribution in [2.24, 2.45) is 0 Å². The molecule has 2 aliphatic heterocycles. The molecule has 0 spiro atoms. The maximum atomic E-state index is 12.8. The second-order valence-electron chi connectivity index (χ2n) is 6.20. The predicted molar refractivity (Wildman–Crippen MR) is 84.3 cm³/mol. The van der Waals surface area contributed by atoms with Gasteiger partial charge < -0.3 is 19.9 Å². The van der Waals surface area contributed by atoms with Crippen LogP contribution < -0.4 is 19.7 Å². The quantitative estimate of drug-likeness (QED) is 0.884. The lowest BCUT2D eigenvalue weighted by atomic mass is 9.95. The number of carboxylic acid groups (broad SMARTS) is 1. The number of ether oxygens (including phenoxy) is 2. The van der Waals surface area contributed by atoms with Crippen molar-refractivity contribution in [3.63, 3.8) is 0 Å². The Morgan fingerprint density at radius 1 is 1.35 bits per heavy atom. The molecule has 7 heteroatoms. The highest BCUT2D eigenvalue weighted by molar-refractivity contribution is 6.10. The van der Waals surface area contributed by atoms with Crippen molar-refractivity contribution in [1.29, 1.82) is 0 Å². The normalized spacial score (nSPS) is 19.6. The minimum absolute atomic E-state index is 0.282. The Kier molecular flexibility index (Phi) is 3.58. The smallest absolute Gasteiger partial charge is 0.326 e.